The molecular formula is C39H70N2O33P2. The van der Waals surface area contributed by atoms with Gasteiger partial charge in [-0.05, 0) is 0 Å². The summed E-state index contributed by atoms with van der Waals surface area (Å²) in [5.74, 6) is -2.96. The van der Waals surface area contributed by atoms with E-state index in [9.17, 15) is 101 Å². The number of hydrogen-bond donors (Lipinski definition) is 20. The Morgan fingerprint density at radius 1 is 0.500 bits per heavy atom. The number of aliphatic hydroxyl groups is 16. The number of aliphatic hydroxyl groups excluding tert-OH is 16. The third kappa shape index (κ3) is 13.0. The Morgan fingerprint density at radius 3 is 1.66 bits per heavy atom. The molecule has 33 atom stereocenters. The maximum Gasteiger partial charge on any atom is 0.473 e. The van der Waals surface area contributed by atoms with E-state index in [1.54, 1.807) is 0 Å². The minimum Gasteiger partial charge on any atom is -0.394 e. The molecule has 35 nitrogen and oxygen atoms in total. The molecule has 6 saturated heterocycles. The van der Waals surface area contributed by atoms with Gasteiger partial charge in [-0.2, -0.15) is 0 Å². The Labute approximate surface area is 430 Å². The molecule has 0 aromatic heterocycles. The minimum atomic E-state index is -4.91. The summed E-state index contributed by atoms with van der Waals surface area (Å²) in [6, 6.07) is -1.66. The first-order valence-electron chi connectivity index (χ1n) is 24.0. The third-order valence-corrected chi connectivity index (χ3v) is 16.4. The maximum absolute atomic E-state index is 12.5. The van der Waals surface area contributed by atoms with Gasteiger partial charge in [-0.25, -0.2) is 9.13 Å². The molecule has 0 bridgehead atoms. The van der Waals surface area contributed by atoms with E-state index in [4.69, 9.17) is 67.7 Å². The smallest absolute Gasteiger partial charge is 0.394 e. The molecular weight excluding hydrogens is 1090 g/mol. The van der Waals surface area contributed by atoms with Crippen molar-refractivity contribution in [2.75, 3.05) is 46.2 Å². The van der Waals surface area contributed by atoms with Gasteiger partial charge in [-0.15, -0.1) is 0 Å². The van der Waals surface area contributed by atoms with Crippen LogP contribution in [0.3, 0.4) is 0 Å². The molecule has 6 aliphatic heterocycles. The van der Waals surface area contributed by atoms with Gasteiger partial charge in [0.25, 0.3) is 0 Å². The van der Waals surface area contributed by atoms with Gasteiger partial charge < -0.3 is 146 Å². The third-order valence-electron chi connectivity index (χ3n) is 14.4. The molecule has 76 heavy (non-hydrogen) atoms. The van der Waals surface area contributed by atoms with E-state index >= 15 is 0 Å². The van der Waals surface area contributed by atoms with Gasteiger partial charge in [0.05, 0.1) is 76.0 Å². The predicted octanol–water partition coefficient (Wildman–Crippen LogP) is -11.9. The second kappa shape index (κ2) is 25.7. The Hall–Kier alpha value is -0.860. The van der Waals surface area contributed by atoms with Crippen LogP contribution >= 0.6 is 15.6 Å². The van der Waals surface area contributed by atoms with Gasteiger partial charge in [0.1, 0.15) is 122 Å². The van der Waals surface area contributed by atoms with Crippen LogP contribution in [-0.2, 0) is 69.9 Å². The Bertz CT molecular complexity index is 1960. The minimum absolute atomic E-state index is 0.220. The average Bonchev–Trinajstić information content (AvgIpc) is 3.72. The zero-order valence-electron chi connectivity index (χ0n) is 40.1. The van der Waals surface area contributed by atoms with Gasteiger partial charge in [0.15, 0.2) is 25.2 Å². The van der Waals surface area contributed by atoms with Crippen LogP contribution < -0.4 is 11.5 Å². The van der Waals surface area contributed by atoms with Crippen molar-refractivity contribution in [2.24, 2.45) is 23.3 Å². The van der Waals surface area contributed by atoms with Gasteiger partial charge >= 0.3 is 15.6 Å². The Balaban J connectivity index is 1.08. The zero-order chi connectivity index (χ0) is 56.0. The second-order valence-electron chi connectivity index (χ2n) is 19.4. The summed E-state index contributed by atoms with van der Waals surface area (Å²) in [4.78, 5) is 20.1. The zero-order valence-corrected chi connectivity index (χ0v) is 41.9. The molecule has 22 N–H and O–H groups in total. The molecule has 0 radical (unpaired) electrons. The van der Waals surface area contributed by atoms with E-state index in [1.807, 2.05) is 0 Å². The van der Waals surface area contributed by atoms with Crippen molar-refractivity contribution in [3.05, 3.63) is 0 Å². The van der Waals surface area contributed by atoms with Crippen molar-refractivity contribution in [3.8, 4) is 0 Å². The summed E-state index contributed by atoms with van der Waals surface area (Å²) >= 11 is 0. The van der Waals surface area contributed by atoms with Crippen molar-refractivity contribution in [2.45, 2.75) is 185 Å². The van der Waals surface area contributed by atoms with E-state index in [-0.39, 0.29) is 6.54 Å². The molecule has 7 fully saturated rings. The lowest BCUT2D eigenvalue weighted by molar-refractivity contribution is -0.383. The van der Waals surface area contributed by atoms with Crippen LogP contribution in [0, 0.1) is 11.8 Å². The molecule has 0 amide bonds. The van der Waals surface area contributed by atoms with Gasteiger partial charge in [-0.3, -0.25) is 18.1 Å². The monoisotopic (exact) mass is 1160 g/mol. The first kappa shape index (κ1) is 62.7. The fourth-order valence-electron chi connectivity index (χ4n) is 10.0. The molecule has 444 valence electrons. The van der Waals surface area contributed by atoms with Crippen LogP contribution in [0.1, 0.15) is 6.92 Å². The SMILES string of the molecule is C[C@H]1C(O)C(O[C@H]2OC(CO)[C@@H](O[C@H]3OC(CO[C@H]4OC(CO)[C@@H](O)[C@H](O)C4O[C@H]4OC(COP(=O)(O)OCCN)[C@@H](O)[C@H](O)C4[C@H]4OC(CO)[C@@H](O)[C@H](O)C4O)[C@@H](O)[C@H](O)C3O)[C@H](O)C2N)[C@@H]2OP(=O)(O)O[C@H]2C1O. The Morgan fingerprint density at radius 2 is 1.01 bits per heavy atom. The highest BCUT2D eigenvalue weighted by Gasteiger charge is 2.62. The number of hydrogen-bond acceptors (Lipinski definition) is 33. The first-order chi connectivity index (χ1) is 35.7. The number of ether oxygens (including phenoxy) is 9. The molecule has 6 heterocycles. The lowest BCUT2D eigenvalue weighted by Gasteiger charge is -2.51. The highest BCUT2D eigenvalue weighted by molar-refractivity contribution is 7.47. The summed E-state index contributed by atoms with van der Waals surface area (Å²) in [6.45, 7) is -4.26. The molecule has 7 aliphatic rings. The van der Waals surface area contributed by atoms with Gasteiger partial charge in [-0.1, -0.05) is 6.92 Å². The largest absolute Gasteiger partial charge is 0.473 e. The standard InChI is InChI=1S/C39H70N2O33P2/c1-9-17(45)32(35-33(18(9)46)73-76(60,61)74-35)71-37-16(41)24(52)30(12(6-44)67-37)70-38-29(57)26(54)22(50)13(69-38)7-62-39-34(27(55)20(48)11(5-43)66-39)72-36-15(31-28(56)25(53)19(47)10(4-42)65-31)23(51)21(49)14(68-36)8-64-75(58,59)63-3-2-40/h9-39,42-57H,2-8,40-41H2,1H3,(H,58,59)(H,60,61)/t9-,10?,11?,12?,13?,14?,15?,16?,17?,18?,19+,20+,21+,22+,23+,24+,25-,26-,27-,28?,29?,30+,31+,32?,33-,34?,35-,36+,37+,38+,39-/m0/s1. The van der Waals surface area contributed by atoms with Gasteiger partial charge in [0.2, 0.25) is 0 Å². The normalized spacial score (nSPS) is 53.0. The van der Waals surface area contributed by atoms with E-state index in [1.165, 1.54) is 6.92 Å². The van der Waals surface area contributed by atoms with Crippen LogP contribution in [0.2, 0.25) is 0 Å². The summed E-state index contributed by atoms with van der Waals surface area (Å²) in [5.41, 5.74) is 11.6. The van der Waals surface area contributed by atoms with Crippen LogP contribution in [0.4, 0.5) is 0 Å². The lowest BCUT2D eigenvalue weighted by atomic mass is 9.79. The van der Waals surface area contributed by atoms with E-state index in [0.717, 1.165) is 0 Å². The quantitative estimate of drug-likeness (QED) is 0.0534. The number of phosphoric acid groups is 2. The summed E-state index contributed by atoms with van der Waals surface area (Å²) in [7, 11) is -9.64. The van der Waals surface area contributed by atoms with E-state index in [0.29, 0.717) is 0 Å². The van der Waals surface area contributed by atoms with Crippen LogP contribution in [0.25, 0.3) is 0 Å². The molecule has 0 spiro atoms. The molecule has 15 unspecified atom stereocenters. The highest BCUT2D eigenvalue weighted by Crippen LogP contribution is 2.57. The Kier molecular flexibility index (Phi) is 21.2. The summed E-state index contributed by atoms with van der Waals surface area (Å²) in [6.07, 6.45) is -53.1. The lowest BCUT2D eigenvalue weighted by Crippen LogP contribution is -2.69. The first-order valence-corrected chi connectivity index (χ1v) is 27.0. The van der Waals surface area contributed by atoms with Crippen molar-refractivity contribution in [1.82, 2.24) is 0 Å². The summed E-state index contributed by atoms with van der Waals surface area (Å²) in [5, 5.41) is 174. The molecule has 7 rings (SSSR count). The predicted molar refractivity (Wildman–Crippen MR) is 234 cm³/mol. The van der Waals surface area contributed by atoms with Crippen molar-refractivity contribution in [3.63, 3.8) is 0 Å². The van der Waals surface area contributed by atoms with Crippen LogP contribution in [0.15, 0.2) is 0 Å². The highest BCUT2D eigenvalue weighted by atomic mass is 31.2. The van der Waals surface area contributed by atoms with Crippen molar-refractivity contribution >= 4 is 15.6 Å². The van der Waals surface area contributed by atoms with Crippen LogP contribution in [-0.4, -0.2) is 315 Å². The molecule has 0 aromatic carbocycles. The maximum atomic E-state index is 12.5. The number of fused-ring (bicyclic) bond motifs is 1. The number of rotatable bonds is 19. The fraction of sp³-hybridized carbons (Fsp3) is 1.00. The fourth-order valence-corrected chi connectivity index (χ4v) is 11.9. The topological polar surface area (TPSA) is 570 Å². The van der Waals surface area contributed by atoms with E-state index in [2.05, 4.69) is 4.52 Å². The molecule has 0 aromatic rings. The summed E-state index contributed by atoms with van der Waals surface area (Å²) < 4.78 is 96.7. The van der Waals surface area contributed by atoms with Crippen molar-refractivity contribution in [1.29, 1.82) is 0 Å². The number of phosphoric ester groups is 2. The van der Waals surface area contributed by atoms with Gasteiger partial charge in [0, 0.05) is 12.5 Å². The van der Waals surface area contributed by atoms with Crippen molar-refractivity contribution < 1.29 is 161 Å². The molecule has 37 heteroatoms. The molecule has 1 saturated carbocycles. The van der Waals surface area contributed by atoms with E-state index < -0.39 is 245 Å². The van der Waals surface area contributed by atoms with Crippen LogP contribution in [0.5, 0.6) is 0 Å². The molecule has 1 aliphatic carbocycles. The number of nitrogens with two attached hydrogens (primary N) is 2. The second-order valence-corrected chi connectivity index (χ2v) is 22.2. The average molecular weight is 1160 g/mol.